The highest BCUT2D eigenvalue weighted by Gasteiger charge is 2.12. The lowest BCUT2D eigenvalue weighted by Gasteiger charge is -2.10. The average molecular weight is 318 g/mol. The van der Waals surface area contributed by atoms with Crippen molar-refractivity contribution in [2.45, 2.75) is 13.3 Å². The van der Waals surface area contributed by atoms with E-state index in [4.69, 9.17) is 9.47 Å². The molecule has 0 aliphatic carbocycles. The van der Waals surface area contributed by atoms with E-state index >= 15 is 0 Å². The summed E-state index contributed by atoms with van der Waals surface area (Å²) in [5.74, 6) is 0.306. The van der Waals surface area contributed by atoms with E-state index in [1.54, 1.807) is 31.4 Å². The summed E-state index contributed by atoms with van der Waals surface area (Å²) in [5, 5.41) is 11.2. The first-order chi connectivity index (χ1) is 10.7. The highest BCUT2D eigenvalue weighted by Crippen LogP contribution is 2.30. The van der Waals surface area contributed by atoms with Crippen molar-refractivity contribution >= 4 is 29.0 Å². The maximum atomic E-state index is 11.4. The molecule has 0 saturated carbocycles. The molecule has 0 spiro atoms. The van der Waals surface area contributed by atoms with Crippen LogP contribution in [0.15, 0.2) is 35.7 Å². The van der Waals surface area contributed by atoms with Gasteiger partial charge < -0.3 is 14.6 Å². The van der Waals surface area contributed by atoms with E-state index in [2.05, 4.69) is 0 Å². The summed E-state index contributed by atoms with van der Waals surface area (Å²) >= 11 is 1.40. The van der Waals surface area contributed by atoms with Crippen LogP contribution in [0.25, 0.3) is 11.6 Å². The Labute approximate surface area is 133 Å². The fourth-order valence-corrected chi connectivity index (χ4v) is 2.68. The summed E-state index contributed by atoms with van der Waals surface area (Å²) in [6, 6.07) is 9.03. The van der Waals surface area contributed by atoms with Gasteiger partial charge in [0.2, 0.25) is 0 Å². The van der Waals surface area contributed by atoms with Crippen LogP contribution in [-0.4, -0.2) is 24.8 Å². The normalized spacial score (nSPS) is 11.3. The van der Waals surface area contributed by atoms with Gasteiger partial charge >= 0.3 is 5.97 Å². The predicted octanol–water partition coefficient (Wildman–Crippen LogP) is 4.17. The van der Waals surface area contributed by atoms with Crippen molar-refractivity contribution < 1.29 is 19.4 Å². The minimum atomic E-state index is -0.951. The lowest BCUT2D eigenvalue weighted by atomic mass is 10.1. The number of benzene rings is 1. The number of aliphatic carboxylic acids is 1. The van der Waals surface area contributed by atoms with E-state index in [9.17, 15) is 9.90 Å². The Morgan fingerprint density at radius 2 is 2.14 bits per heavy atom. The molecule has 22 heavy (non-hydrogen) atoms. The van der Waals surface area contributed by atoms with Gasteiger partial charge in [-0.05, 0) is 41.6 Å². The quantitative estimate of drug-likeness (QED) is 0.778. The van der Waals surface area contributed by atoms with Crippen LogP contribution in [0.1, 0.15) is 23.8 Å². The summed E-state index contributed by atoms with van der Waals surface area (Å²) in [7, 11) is 1.57. The molecule has 0 radical (unpaired) electrons. The zero-order valence-corrected chi connectivity index (χ0v) is 13.4. The Kier molecular flexibility index (Phi) is 5.61. The van der Waals surface area contributed by atoms with E-state index in [0.29, 0.717) is 18.1 Å². The molecule has 2 aromatic rings. The van der Waals surface area contributed by atoms with Crippen molar-refractivity contribution in [3.63, 3.8) is 0 Å². The largest absolute Gasteiger partial charge is 0.493 e. The highest BCUT2D eigenvalue weighted by molar-refractivity contribution is 7.11. The highest BCUT2D eigenvalue weighted by atomic mass is 32.1. The molecule has 0 aliphatic rings. The lowest BCUT2D eigenvalue weighted by molar-refractivity contribution is -0.130. The fourth-order valence-electron chi connectivity index (χ4n) is 1.94. The minimum absolute atomic E-state index is 0.263. The van der Waals surface area contributed by atoms with Gasteiger partial charge in [-0.1, -0.05) is 19.1 Å². The summed E-state index contributed by atoms with van der Waals surface area (Å²) in [5.41, 5.74) is 1.02. The molecular formula is C17H18O4S. The van der Waals surface area contributed by atoms with Gasteiger partial charge in [0.25, 0.3) is 0 Å². The Morgan fingerprint density at radius 3 is 2.73 bits per heavy atom. The maximum absolute atomic E-state index is 11.4. The van der Waals surface area contributed by atoms with Gasteiger partial charge in [0.05, 0.1) is 19.3 Å². The monoisotopic (exact) mass is 318 g/mol. The zero-order valence-electron chi connectivity index (χ0n) is 12.5. The van der Waals surface area contributed by atoms with Gasteiger partial charge in [0, 0.05) is 4.88 Å². The third-order valence-electron chi connectivity index (χ3n) is 2.98. The molecule has 1 aromatic heterocycles. The molecule has 0 fully saturated rings. The molecule has 1 N–H and O–H groups in total. The second-order valence-electron chi connectivity index (χ2n) is 4.60. The summed E-state index contributed by atoms with van der Waals surface area (Å²) in [6.07, 6.45) is 2.55. The molecule has 5 heteroatoms. The molecular weight excluding hydrogens is 300 g/mol. The van der Waals surface area contributed by atoms with Crippen molar-refractivity contribution in [3.8, 4) is 11.5 Å². The number of hydrogen-bond acceptors (Lipinski definition) is 4. The minimum Gasteiger partial charge on any atom is -0.493 e. The van der Waals surface area contributed by atoms with Crippen molar-refractivity contribution in [2.75, 3.05) is 13.7 Å². The smallest absolute Gasteiger partial charge is 0.337 e. The van der Waals surface area contributed by atoms with Crippen LogP contribution >= 0.6 is 11.3 Å². The molecule has 0 aliphatic heterocycles. The molecule has 0 saturated heterocycles. The fraction of sp³-hybridized carbons (Fsp3) is 0.235. The SMILES string of the molecule is CCCOc1ccc(/C=C(\C(=O)O)c2cccs2)cc1OC. The maximum Gasteiger partial charge on any atom is 0.337 e. The van der Waals surface area contributed by atoms with Crippen LogP contribution in [-0.2, 0) is 4.79 Å². The summed E-state index contributed by atoms with van der Waals surface area (Å²) < 4.78 is 10.9. The van der Waals surface area contributed by atoms with E-state index in [-0.39, 0.29) is 5.57 Å². The number of ether oxygens (including phenoxy) is 2. The number of methoxy groups -OCH3 is 1. The third-order valence-corrected chi connectivity index (χ3v) is 3.88. The first kappa shape index (κ1) is 16.1. The third kappa shape index (κ3) is 3.89. The van der Waals surface area contributed by atoms with Crippen LogP contribution in [0.3, 0.4) is 0 Å². The second-order valence-corrected chi connectivity index (χ2v) is 5.55. The van der Waals surface area contributed by atoms with Gasteiger partial charge in [0.1, 0.15) is 0 Å². The zero-order chi connectivity index (χ0) is 15.9. The second kappa shape index (κ2) is 7.66. The molecule has 4 nitrogen and oxygen atoms in total. The Hall–Kier alpha value is -2.27. The van der Waals surface area contributed by atoms with Gasteiger partial charge in [-0.15, -0.1) is 11.3 Å². The van der Waals surface area contributed by atoms with Crippen LogP contribution in [0, 0.1) is 0 Å². The molecule has 1 heterocycles. The van der Waals surface area contributed by atoms with Crippen LogP contribution in [0.5, 0.6) is 11.5 Å². The number of carbonyl (C=O) groups is 1. The molecule has 1 aromatic carbocycles. The van der Waals surface area contributed by atoms with E-state index in [0.717, 1.165) is 16.9 Å². The van der Waals surface area contributed by atoms with Crippen molar-refractivity contribution in [2.24, 2.45) is 0 Å². The standard InChI is InChI=1S/C17H18O4S/c1-3-8-21-14-7-6-12(11-15(14)20-2)10-13(17(18)19)16-5-4-9-22-16/h4-7,9-11H,3,8H2,1-2H3,(H,18,19)/b13-10-. The molecule has 0 atom stereocenters. The number of carboxylic acids is 1. The van der Waals surface area contributed by atoms with Gasteiger partial charge in [0.15, 0.2) is 11.5 Å². The Morgan fingerprint density at radius 1 is 1.32 bits per heavy atom. The topological polar surface area (TPSA) is 55.8 Å². The Balaban J connectivity index is 2.35. The van der Waals surface area contributed by atoms with Crippen molar-refractivity contribution in [1.82, 2.24) is 0 Å². The average Bonchev–Trinajstić information content (AvgIpc) is 3.04. The van der Waals surface area contributed by atoms with Crippen molar-refractivity contribution in [1.29, 1.82) is 0 Å². The van der Waals surface area contributed by atoms with Crippen LogP contribution < -0.4 is 9.47 Å². The van der Waals surface area contributed by atoms with Gasteiger partial charge in [-0.25, -0.2) is 4.79 Å². The van der Waals surface area contributed by atoms with E-state index in [1.807, 2.05) is 24.4 Å². The lowest BCUT2D eigenvalue weighted by Crippen LogP contribution is -1.99. The van der Waals surface area contributed by atoms with Crippen molar-refractivity contribution in [3.05, 3.63) is 46.2 Å². The molecule has 0 unspecified atom stereocenters. The molecule has 2 rings (SSSR count). The van der Waals surface area contributed by atoms with Gasteiger partial charge in [-0.2, -0.15) is 0 Å². The summed E-state index contributed by atoms with van der Waals surface area (Å²) in [4.78, 5) is 12.2. The first-order valence-electron chi connectivity index (χ1n) is 6.95. The molecule has 0 amide bonds. The molecule has 0 bridgehead atoms. The number of carboxylic acid groups (broad SMARTS) is 1. The Bertz CT molecular complexity index is 659. The first-order valence-corrected chi connectivity index (χ1v) is 7.83. The van der Waals surface area contributed by atoms with Crippen LogP contribution in [0.4, 0.5) is 0 Å². The number of hydrogen-bond donors (Lipinski definition) is 1. The van der Waals surface area contributed by atoms with Crippen LogP contribution in [0.2, 0.25) is 0 Å². The predicted molar refractivity (Wildman–Crippen MR) is 88.6 cm³/mol. The number of rotatable bonds is 7. The van der Waals surface area contributed by atoms with E-state index in [1.165, 1.54) is 11.3 Å². The molecule has 116 valence electrons. The van der Waals surface area contributed by atoms with Gasteiger partial charge in [-0.3, -0.25) is 0 Å². The van der Waals surface area contributed by atoms with E-state index < -0.39 is 5.97 Å². The summed E-state index contributed by atoms with van der Waals surface area (Å²) in [6.45, 7) is 2.64. The number of thiophene rings is 1.